The first kappa shape index (κ1) is 10.6. The molecule has 0 saturated heterocycles. The van der Waals surface area contributed by atoms with E-state index in [-0.39, 0.29) is 0 Å². The maximum absolute atomic E-state index is 10.5. The average molecular weight is 193 g/mol. The normalized spacial score (nSPS) is 9.79. The molecule has 1 heterocycles. The zero-order valence-electron chi connectivity index (χ0n) is 8.39. The maximum Gasteiger partial charge on any atom is 0.0809 e. The van der Waals surface area contributed by atoms with Gasteiger partial charge < -0.3 is 0 Å². The van der Waals surface area contributed by atoms with Gasteiger partial charge in [0.25, 0.3) is 0 Å². The van der Waals surface area contributed by atoms with E-state index < -0.39 is 0 Å². The Bertz CT molecular complexity index is 263. The number of anilines is 1. The maximum atomic E-state index is 10.5. The fourth-order valence-corrected chi connectivity index (χ4v) is 1.24. The van der Waals surface area contributed by atoms with Gasteiger partial charge in [-0.05, 0) is 18.6 Å². The fraction of sp³-hybridized carbons (Fsp3) is 0.500. The highest BCUT2D eigenvalue weighted by Crippen LogP contribution is 2.12. The van der Waals surface area contributed by atoms with Gasteiger partial charge in [0.2, 0.25) is 0 Å². The van der Waals surface area contributed by atoms with Crippen LogP contribution in [0.3, 0.4) is 0 Å². The number of aromatic nitrogens is 1. The quantitative estimate of drug-likeness (QED) is 0.396. The minimum absolute atomic E-state index is 0.670. The Morgan fingerprint density at radius 1 is 1.50 bits per heavy atom. The van der Waals surface area contributed by atoms with E-state index in [0.29, 0.717) is 6.54 Å². The van der Waals surface area contributed by atoms with E-state index in [1.807, 2.05) is 6.07 Å². The molecule has 1 aromatic heterocycles. The molecular weight excluding hydrogens is 178 g/mol. The first-order valence-corrected chi connectivity index (χ1v) is 4.89. The molecule has 0 aliphatic heterocycles. The van der Waals surface area contributed by atoms with E-state index >= 15 is 0 Å². The van der Waals surface area contributed by atoms with Crippen molar-refractivity contribution in [2.45, 2.75) is 26.2 Å². The minimum Gasteiger partial charge on any atom is -0.262 e. The predicted octanol–water partition coefficient (Wildman–Crippen LogP) is 2.76. The predicted molar refractivity (Wildman–Crippen MR) is 56.9 cm³/mol. The van der Waals surface area contributed by atoms with E-state index in [0.717, 1.165) is 24.9 Å². The highest BCUT2D eigenvalue weighted by molar-refractivity contribution is 5.42. The van der Waals surface area contributed by atoms with Crippen molar-refractivity contribution < 1.29 is 0 Å². The molecule has 0 saturated carbocycles. The number of hydrogen-bond acceptors (Lipinski definition) is 3. The SMILES string of the molecule is CCCCCN(N=O)c1cccnc1. The third kappa shape index (κ3) is 3.12. The molecule has 0 aromatic carbocycles. The van der Waals surface area contributed by atoms with Gasteiger partial charge in [0.15, 0.2) is 0 Å². The van der Waals surface area contributed by atoms with Gasteiger partial charge >= 0.3 is 0 Å². The van der Waals surface area contributed by atoms with Crippen molar-refractivity contribution in [2.24, 2.45) is 5.29 Å². The first-order valence-electron chi connectivity index (χ1n) is 4.89. The standard InChI is InChI=1S/C10H15N3O/c1-2-3-4-8-13(12-14)10-6-5-7-11-9-10/h5-7,9H,2-4,8H2,1H3. The number of nitrogens with zero attached hydrogens (tertiary/aromatic N) is 3. The summed E-state index contributed by atoms with van der Waals surface area (Å²) in [5, 5.41) is 4.42. The van der Waals surface area contributed by atoms with E-state index in [9.17, 15) is 4.91 Å². The van der Waals surface area contributed by atoms with Gasteiger partial charge in [-0.25, -0.2) is 5.01 Å². The highest BCUT2D eigenvalue weighted by Gasteiger charge is 2.04. The molecule has 0 spiro atoms. The number of rotatable bonds is 6. The Labute approximate surface area is 83.9 Å². The summed E-state index contributed by atoms with van der Waals surface area (Å²) in [6.07, 6.45) is 6.56. The third-order valence-corrected chi connectivity index (χ3v) is 2.02. The highest BCUT2D eigenvalue weighted by atomic mass is 16.3. The first-order chi connectivity index (χ1) is 6.88. The lowest BCUT2D eigenvalue weighted by atomic mass is 10.2. The van der Waals surface area contributed by atoms with Crippen LogP contribution in [-0.4, -0.2) is 11.5 Å². The summed E-state index contributed by atoms with van der Waals surface area (Å²) in [6.45, 7) is 2.80. The fourth-order valence-electron chi connectivity index (χ4n) is 1.24. The second-order valence-electron chi connectivity index (χ2n) is 3.12. The van der Waals surface area contributed by atoms with E-state index in [2.05, 4.69) is 17.2 Å². The summed E-state index contributed by atoms with van der Waals surface area (Å²) >= 11 is 0. The van der Waals surface area contributed by atoms with Crippen molar-refractivity contribution >= 4 is 5.69 Å². The van der Waals surface area contributed by atoms with Crippen LogP contribution in [0.25, 0.3) is 0 Å². The van der Waals surface area contributed by atoms with Crippen LogP contribution in [0, 0.1) is 4.91 Å². The van der Waals surface area contributed by atoms with Crippen LogP contribution in [0.15, 0.2) is 29.8 Å². The van der Waals surface area contributed by atoms with Crippen LogP contribution in [0.4, 0.5) is 5.69 Å². The van der Waals surface area contributed by atoms with Gasteiger partial charge in [-0.1, -0.05) is 19.8 Å². The molecule has 4 heteroatoms. The van der Waals surface area contributed by atoms with Crippen molar-refractivity contribution in [1.82, 2.24) is 4.98 Å². The molecule has 0 fully saturated rings. The Morgan fingerprint density at radius 3 is 2.93 bits per heavy atom. The van der Waals surface area contributed by atoms with Gasteiger partial charge in [-0.3, -0.25) is 4.98 Å². The molecule has 0 unspecified atom stereocenters. The van der Waals surface area contributed by atoms with Crippen molar-refractivity contribution in [2.75, 3.05) is 11.6 Å². The van der Waals surface area contributed by atoms with Gasteiger partial charge in [-0.15, -0.1) is 4.91 Å². The second-order valence-corrected chi connectivity index (χ2v) is 3.12. The lowest BCUT2D eigenvalue weighted by Gasteiger charge is -2.13. The topological polar surface area (TPSA) is 45.6 Å². The number of unbranched alkanes of at least 4 members (excludes halogenated alkanes) is 2. The number of pyridine rings is 1. The molecule has 4 nitrogen and oxygen atoms in total. The van der Waals surface area contributed by atoms with Crippen molar-refractivity contribution in [3.05, 3.63) is 29.4 Å². The Kier molecular flexibility index (Phi) is 4.61. The van der Waals surface area contributed by atoms with Gasteiger partial charge in [0.1, 0.15) is 0 Å². The summed E-state index contributed by atoms with van der Waals surface area (Å²) < 4.78 is 0. The van der Waals surface area contributed by atoms with Crippen molar-refractivity contribution in [1.29, 1.82) is 0 Å². The molecule has 0 radical (unpaired) electrons. The van der Waals surface area contributed by atoms with Crippen LogP contribution in [-0.2, 0) is 0 Å². The largest absolute Gasteiger partial charge is 0.262 e. The summed E-state index contributed by atoms with van der Waals surface area (Å²) in [5.74, 6) is 0. The lowest BCUT2D eigenvalue weighted by Crippen LogP contribution is -2.16. The Morgan fingerprint density at radius 2 is 2.36 bits per heavy atom. The molecule has 0 bridgehead atoms. The summed E-state index contributed by atoms with van der Waals surface area (Å²) in [4.78, 5) is 14.5. The van der Waals surface area contributed by atoms with E-state index in [1.54, 1.807) is 18.5 Å². The zero-order valence-corrected chi connectivity index (χ0v) is 8.39. The average Bonchev–Trinajstić information content (AvgIpc) is 2.26. The molecule has 0 N–H and O–H groups in total. The summed E-state index contributed by atoms with van der Waals surface area (Å²) in [6, 6.07) is 3.63. The van der Waals surface area contributed by atoms with Crippen LogP contribution in [0.5, 0.6) is 0 Å². The molecule has 1 aromatic rings. The second kappa shape index (κ2) is 6.07. The molecular formula is C10H15N3O. The molecule has 0 aliphatic rings. The van der Waals surface area contributed by atoms with Gasteiger partial charge in [-0.2, -0.15) is 0 Å². The zero-order chi connectivity index (χ0) is 10.2. The van der Waals surface area contributed by atoms with Crippen LogP contribution < -0.4 is 5.01 Å². The van der Waals surface area contributed by atoms with Crippen molar-refractivity contribution in [3.63, 3.8) is 0 Å². The smallest absolute Gasteiger partial charge is 0.0809 e. The van der Waals surface area contributed by atoms with E-state index in [1.165, 1.54) is 5.01 Å². The minimum atomic E-state index is 0.670. The van der Waals surface area contributed by atoms with Gasteiger partial charge in [0.05, 0.1) is 17.2 Å². The molecule has 0 atom stereocenters. The van der Waals surface area contributed by atoms with Crippen molar-refractivity contribution in [3.8, 4) is 0 Å². The number of nitroso groups, excluding NO2 is 1. The van der Waals surface area contributed by atoms with Crippen LogP contribution >= 0.6 is 0 Å². The van der Waals surface area contributed by atoms with Crippen LogP contribution in [0.2, 0.25) is 0 Å². The Hall–Kier alpha value is -1.45. The summed E-state index contributed by atoms with van der Waals surface area (Å²) in [5.41, 5.74) is 0.763. The van der Waals surface area contributed by atoms with Gasteiger partial charge in [0, 0.05) is 12.7 Å². The van der Waals surface area contributed by atoms with E-state index in [4.69, 9.17) is 0 Å². The molecule has 0 amide bonds. The van der Waals surface area contributed by atoms with Crippen LogP contribution in [0.1, 0.15) is 26.2 Å². The lowest BCUT2D eigenvalue weighted by molar-refractivity contribution is 0.686. The summed E-state index contributed by atoms with van der Waals surface area (Å²) in [7, 11) is 0. The third-order valence-electron chi connectivity index (χ3n) is 2.02. The molecule has 76 valence electrons. The monoisotopic (exact) mass is 193 g/mol. The number of hydrogen-bond donors (Lipinski definition) is 0. The molecule has 1 rings (SSSR count). The molecule has 14 heavy (non-hydrogen) atoms. The Balaban J connectivity index is 2.50. The molecule has 0 aliphatic carbocycles.